The Morgan fingerprint density at radius 2 is 1.68 bits per heavy atom. The number of nitrogens with one attached hydrogen (secondary N) is 3. The smallest absolute Gasteiger partial charge is 0.224 e. The lowest BCUT2D eigenvalue weighted by Gasteiger charge is -2.09. The molecule has 0 aliphatic rings. The van der Waals surface area contributed by atoms with Crippen LogP contribution in [0, 0.1) is 11.6 Å². The van der Waals surface area contributed by atoms with Crippen molar-refractivity contribution in [1.29, 1.82) is 0 Å². The number of carbonyl (C=O) groups excluding carboxylic acids is 1. The minimum atomic E-state index is -0.732. The Labute approximate surface area is 160 Å². The van der Waals surface area contributed by atoms with Gasteiger partial charge >= 0.3 is 0 Å². The molecule has 9 heteroatoms. The van der Waals surface area contributed by atoms with E-state index in [-0.39, 0.29) is 17.9 Å². The quantitative estimate of drug-likeness (QED) is 0.517. The lowest BCUT2D eigenvalue weighted by Crippen LogP contribution is -2.30. The van der Waals surface area contributed by atoms with Crippen molar-refractivity contribution in [1.82, 2.24) is 20.5 Å². The van der Waals surface area contributed by atoms with Gasteiger partial charge in [0.1, 0.15) is 17.5 Å². The van der Waals surface area contributed by atoms with Gasteiger partial charge in [0.25, 0.3) is 0 Å². The molecule has 0 atom stereocenters. The van der Waals surface area contributed by atoms with E-state index >= 15 is 0 Å². The first kappa shape index (κ1) is 19.2. The zero-order valence-electron chi connectivity index (χ0n) is 14.8. The maximum atomic E-state index is 13.5. The number of benzene rings is 1. The summed E-state index contributed by atoms with van der Waals surface area (Å²) in [7, 11) is 0. The third kappa shape index (κ3) is 5.70. The van der Waals surface area contributed by atoms with Crippen LogP contribution in [0.15, 0.2) is 54.9 Å². The summed E-state index contributed by atoms with van der Waals surface area (Å²) in [6.45, 7) is 0.740. The molecule has 3 rings (SSSR count). The van der Waals surface area contributed by atoms with Gasteiger partial charge in [-0.3, -0.25) is 9.78 Å². The van der Waals surface area contributed by atoms with Crippen LogP contribution >= 0.6 is 0 Å². The fourth-order valence-electron chi connectivity index (χ4n) is 2.37. The van der Waals surface area contributed by atoms with Crippen LogP contribution in [0.5, 0.6) is 0 Å². The number of nitrogens with zero attached hydrogens (tertiary/aromatic N) is 3. The molecule has 0 bridgehead atoms. The maximum absolute atomic E-state index is 13.5. The predicted molar refractivity (Wildman–Crippen MR) is 101 cm³/mol. The van der Waals surface area contributed by atoms with Crippen LogP contribution in [0.2, 0.25) is 0 Å². The van der Waals surface area contributed by atoms with Crippen molar-refractivity contribution in [2.45, 2.75) is 6.42 Å². The Hall–Kier alpha value is -3.62. The van der Waals surface area contributed by atoms with Crippen molar-refractivity contribution < 1.29 is 13.6 Å². The number of anilines is 3. The van der Waals surface area contributed by atoms with Crippen molar-refractivity contribution in [2.24, 2.45) is 0 Å². The van der Waals surface area contributed by atoms with Gasteiger partial charge in [-0.15, -0.1) is 10.2 Å². The van der Waals surface area contributed by atoms with Gasteiger partial charge in [0.2, 0.25) is 5.91 Å². The second-order valence-corrected chi connectivity index (χ2v) is 5.85. The van der Waals surface area contributed by atoms with Gasteiger partial charge in [0.15, 0.2) is 5.82 Å². The highest BCUT2D eigenvalue weighted by Crippen LogP contribution is 2.13. The van der Waals surface area contributed by atoms with E-state index in [1.54, 1.807) is 24.5 Å². The van der Waals surface area contributed by atoms with E-state index in [0.717, 1.165) is 17.8 Å². The third-order valence-electron chi connectivity index (χ3n) is 3.74. The molecule has 0 aliphatic heterocycles. The van der Waals surface area contributed by atoms with Crippen LogP contribution in [0.4, 0.5) is 26.1 Å². The van der Waals surface area contributed by atoms with Gasteiger partial charge in [-0.1, -0.05) is 6.07 Å². The number of hydrogen-bond donors (Lipinski definition) is 3. The monoisotopic (exact) mass is 384 g/mol. The Balaban J connectivity index is 1.39. The summed E-state index contributed by atoms with van der Waals surface area (Å²) >= 11 is 0. The highest BCUT2D eigenvalue weighted by atomic mass is 19.1. The molecule has 3 N–H and O–H groups in total. The molecule has 144 valence electrons. The highest BCUT2D eigenvalue weighted by Gasteiger charge is 2.08. The Morgan fingerprint density at radius 1 is 0.929 bits per heavy atom. The van der Waals surface area contributed by atoms with Crippen LogP contribution in [-0.2, 0) is 11.2 Å². The molecule has 2 heterocycles. The number of halogens is 2. The number of rotatable bonds is 8. The van der Waals surface area contributed by atoms with Crippen molar-refractivity contribution in [3.63, 3.8) is 0 Å². The minimum Gasteiger partial charge on any atom is -0.367 e. The minimum absolute atomic E-state index is 0.148. The van der Waals surface area contributed by atoms with E-state index in [2.05, 4.69) is 31.1 Å². The van der Waals surface area contributed by atoms with E-state index in [4.69, 9.17) is 0 Å². The second-order valence-electron chi connectivity index (χ2n) is 5.85. The molecule has 0 unspecified atom stereocenters. The average Bonchev–Trinajstić information content (AvgIpc) is 2.69. The van der Waals surface area contributed by atoms with Crippen molar-refractivity contribution in [3.8, 4) is 0 Å². The van der Waals surface area contributed by atoms with Gasteiger partial charge in [-0.25, -0.2) is 8.78 Å². The molecule has 0 saturated heterocycles. The summed E-state index contributed by atoms with van der Waals surface area (Å²) in [5.41, 5.74) is 1.00. The Kier molecular flexibility index (Phi) is 6.40. The molecule has 3 aromatic rings. The van der Waals surface area contributed by atoms with Gasteiger partial charge in [-0.05, 0) is 35.9 Å². The zero-order chi connectivity index (χ0) is 19.8. The largest absolute Gasteiger partial charge is 0.367 e. The van der Waals surface area contributed by atoms with Crippen LogP contribution in [-0.4, -0.2) is 34.2 Å². The van der Waals surface area contributed by atoms with Crippen molar-refractivity contribution >= 4 is 23.2 Å². The van der Waals surface area contributed by atoms with Gasteiger partial charge in [0.05, 0.1) is 6.42 Å². The van der Waals surface area contributed by atoms with Crippen LogP contribution in [0.25, 0.3) is 0 Å². The van der Waals surface area contributed by atoms with Gasteiger partial charge in [-0.2, -0.15) is 0 Å². The van der Waals surface area contributed by atoms with Gasteiger partial charge in [0, 0.05) is 37.2 Å². The molecule has 1 amide bonds. The fraction of sp³-hybridized carbons (Fsp3) is 0.158. The Morgan fingerprint density at radius 3 is 2.39 bits per heavy atom. The van der Waals surface area contributed by atoms with E-state index in [1.807, 2.05) is 12.1 Å². The average molecular weight is 384 g/mol. The number of amides is 1. The summed E-state index contributed by atoms with van der Waals surface area (Å²) in [5, 5.41) is 16.9. The van der Waals surface area contributed by atoms with E-state index in [0.29, 0.717) is 24.7 Å². The van der Waals surface area contributed by atoms with E-state index in [9.17, 15) is 13.6 Å². The molecule has 0 radical (unpaired) electrons. The molecule has 7 nitrogen and oxygen atoms in total. The first-order valence-electron chi connectivity index (χ1n) is 8.55. The molecule has 0 spiro atoms. The van der Waals surface area contributed by atoms with Gasteiger partial charge < -0.3 is 16.0 Å². The third-order valence-corrected chi connectivity index (χ3v) is 3.74. The lowest BCUT2D eigenvalue weighted by molar-refractivity contribution is -0.120. The topological polar surface area (TPSA) is 91.8 Å². The summed E-state index contributed by atoms with van der Waals surface area (Å²) < 4.78 is 26.4. The SMILES string of the molecule is O=C(Cc1ccc(F)cc1F)NCCNc1ccc(Nc2ccncc2)nn1. The normalized spacial score (nSPS) is 10.4. The fourth-order valence-corrected chi connectivity index (χ4v) is 2.37. The molecular weight excluding hydrogens is 366 g/mol. The summed E-state index contributed by atoms with van der Waals surface area (Å²) in [5.74, 6) is -0.612. The predicted octanol–water partition coefficient (Wildman–Crippen LogP) is 2.66. The number of pyridine rings is 1. The number of carbonyl (C=O) groups is 1. The molecule has 0 fully saturated rings. The van der Waals surface area contributed by atoms with Crippen LogP contribution in [0.3, 0.4) is 0 Å². The summed E-state index contributed by atoms with van der Waals surface area (Å²) in [6, 6.07) is 10.3. The molecule has 1 aromatic carbocycles. The maximum Gasteiger partial charge on any atom is 0.224 e. The lowest BCUT2D eigenvalue weighted by atomic mass is 10.1. The summed E-state index contributed by atoms with van der Waals surface area (Å²) in [6.07, 6.45) is 3.19. The van der Waals surface area contributed by atoms with Crippen molar-refractivity contribution in [2.75, 3.05) is 23.7 Å². The first-order valence-corrected chi connectivity index (χ1v) is 8.55. The Bertz CT molecular complexity index is 921. The zero-order valence-corrected chi connectivity index (χ0v) is 14.8. The molecule has 2 aromatic heterocycles. The molecule has 0 aliphatic carbocycles. The highest BCUT2D eigenvalue weighted by molar-refractivity contribution is 5.78. The molecular formula is C19H18F2N6O. The standard InChI is InChI=1S/C19H18F2N6O/c20-14-2-1-13(16(21)12-14)11-19(28)24-10-9-23-17-3-4-18(27-26-17)25-15-5-7-22-8-6-15/h1-8,12H,9-11H2,(H,23,26)(H,24,28)(H,22,25,27). The second kappa shape index (κ2) is 9.36. The number of hydrogen-bond acceptors (Lipinski definition) is 6. The van der Waals surface area contributed by atoms with E-state index < -0.39 is 11.6 Å². The summed E-state index contributed by atoms with van der Waals surface area (Å²) in [4.78, 5) is 15.8. The van der Waals surface area contributed by atoms with Crippen LogP contribution < -0.4 is 16.0 Å². The van der Waals surface area contributed by atoms with Crippen LogP contribution in [0.1, 0.15) is 5.56 Å². The number of aromatic nitrogens is 3. The molecule has 28 heavy (non-hydrogen) atoms. The first-order chi connectivity index (χ1) is 13.6. The van der Waals surface area contributed by atoms with Crippen molar-refractivity contribution in [3.05, 3.63) is 72.1 Å². The van der Waals surface area contributed by atoms with E-state index in [1.165, 1.54) is 6.07 Å². The molecule has 0 saturated carbocycles.